The SMILES string of the molecule is Cn1c(C(=O)O)cc2nnn(C3CCCCC3)c21. The average Bonchev–Trinajstić information content (AvgIpc) is 2.91. The Morgan fingerprint density at radius 1 is 1.39 bits per heavy atom. The van der Waals surface area contributed by atoms with Gasteiger partial charge in [0, 0.05) is 13.1 Å². The third-order valence-corrected chi connectivity index (χ3v) is 3.79. The van der Waals surface area contributed by atoms with E-state index in [1.807, 2.05) is 4.68 Å². The van der Waals surface area contributed by atoms with Gasteiger partial charge in [0.2, 0.25) is 0 Å². The second-order valence-corrected chi connectivity index (χ2v) is 4.93. The zero-order chi connectivity index (χ0) is 12.7. The van der Waals surface area contributed by atoms with E-state index in [9.17, 15) is 4.79 Å². The van der Waals surface area contributed by atoms with Gasteiger partial charge in [-0.3, -0.25) is 0 Å². The summed E-state index contributed by atoms with van der Waals surface area (Å²) < 4.78 is 3.58. The summed E-state index contributed by atoms with van der Waals surface area (Å²) in [6.07, 6.45) is 5.91. The summed E-state index contributed by atoms with van der Waals surface area (Å²) in [5.41, 5.74) is 1.75. The molecule has 1 saturated carbocycles. The number of hydrogen-bond acceptors (Lipinski definition) is 3. The maximum Gasteiger partial charge on any atom is 0.352 e. The molecule has 1 fully saturated rings. The molecule has 0 aromatic carbocycles. The van der Waals surface area contributed by atoms with Crippen molar-refractivity contribution in [2.24, 2.45) is 7.05 Å². The van der Waals surface area contributed by atoms with Crippen molar-refractivity contribution in [3.05, 3.63) is 11.8 Å². The summed E-state index contributed by atoms with van der Waals surface area (Å²) in [4.78, 5) is 11.1. The highest BCUT2D eigenvalue weighted by Crippen LogP contribution is 2.30. The Morgan fingerprint density at radius 2 is 2.11 bits per heavy atom. The van der Waals surface area contributed by atoms with Crippen molar-refractivity contribution in [3.63, 3.8) is 0 Å². The Kier molecular flexibility index (Phi) is 2.57. The third-order valence-electron chi connectivity index (χ3n) is 3.79. The smallest absolute Gasteiger partial charge is 0.352 e. The van der Waals surface area contributed by atoms with Crippen LogP contribution in [-0.2, 0) is 7.05 Å². The number of aryl methyl sites for hydroxylation is 1. The number of carboxylic acid groups (broad SMARTS) is 1. The van der Waals surface area contributed by atoms with Crippen LogP contribution in [0.1, 0.15) is 48.6 Å². The number of aromatic carboxylic acids is 1. The third kappa shape index (κ3) is 1.60. The van der Waals surface area contributed by atoms with Crippen LogP contribution in [0.15, 0.2) is 6.07 Å². The van der Waals surface area contributed by atoms with E-state index < -0.39 is 5.97 Å². The Balaban J connectivity index is 2.09. The van der Waals surface area contributed by atoms with Gasteiger partial charge >= 0.3 is 5.97 Å². The van der Waals surface area contributed by atoms with Gasteiger partial charge in [-0.05, 0) is 12.8 Å². The zero-order valence-electron chi connectivity index (χ0n) is 10.3. The number of fused-ring (bicyclic) bond motifs is 1. The van der Waals surface area contributed by atoms with Gasteiger partial charge in [0.05, 0.1) is 6.04 Å². The summed E-state index contributed by atoms with van der Waals surface area (Å²) >= 11 is 0. The lowest BCUT2D eigenvalue weighted by atomic mass is 9.96. The minimum absolute atomic E-state index is 0.263. The molecule has 0 radical (unpaired) electrons. The minimum Gasteiger partial charge on any atom is -0.477 e. The van der Waals surface area contributed by atoms with Gasteiger partial charge in [0.15, 0.2) is 5.65 Å². The van der Waals surface area contributed by atoms with E-state index in [1.54, 1.807) is 17.7 Å². The highest BCUT2D eigenvalue weighted by molar-refractivity contribution is 5.92. The second kappa shape index (κ2) is 4.12. The van der Waals surface area contributed by atoms with Gasteiger partial charge in [-0.25, -0.2) is 9.48 Å². The van der Waals surface area contributed by atoms with Crippen LogP contribution in [0.25, 0.3) is 11.2 Å². The topological polar surface area (TPSA) is 72.9 Å². The normalized spacial score (nSPS) is 17.4. The van der Waals surface area contributed by atoms with Crippen LogP contribution in [-0.4, -0.2) is 30.6 Å². The molecule has 1 N–H and O–H groups in total. The summed E-state index contributed by atoms with van der Waals surface area (Å²) in [7, 11) is 1.76. The van der Waals surface area contributed by atoms with Crippen LogP contribution in [0.3, 0.4) is 0 Å². The van der Waals surface area contributed by atoms with E-state index in [4.69, 9.17) is 5.11 Å². The van der Waals surface area contributed by atoms with Gasteiger partial charge in [0.25, 0.3) is 0 Å². The summed E-state index contributed by atoms with van der Waals surface area (Å²) in [6.45, 7) is 0. The van der Waals surface area contributed by atoms with E-state index in [0.29, 0.717) is 11.6 Å². The maximum absolute atomic E-state index is 11.1. The first-order valence-corrected chi connectivity index (χ1v) is 6.32. The lowest BCUT2D eigenvalue weighted by Crippen LogP contribution is -2.16. The molecular weight excluding hydrogens is 232 g/mol. The molecular formula is C12H16N4O2. The van der Waals surface area contributed by atoms with Crippen LogP contribution in [0.2, 0.25) is 0 Å². The van der Waals surface area contributed by atoms with Crippen molar-refractivity contribution < 1.29 is 9.90 Å². The quantitative estimate of drug-likeness (QED) is 0.881. The highest BCUT2D eigenvalue weighted by Gasteiger charge is 2.23. The largest absolute Gasteiger partial charge is 0.477 e. The van der Waals surface area contributed by atoms with Crippen molar-refractivity contribution in [1.29, 1.82) is 0 Å². The molecule has 0 saturated heterocycles. The fraction of sp³-hybridized carbons (Fsp3) is 0.583. The minimum atomic E-state index is -0.925. The Labute approximate surface area is 104 Å². The highest BCUT2D eigenvalue weighted by atomic mass is 16.4. The van der Waals surface area contributed by atoms with E-state index in [2.05, 4.69) is 10.3 Å². The Bertz CT molecular complexity index is 593. The molecule has 0 atom stereocenters. The van der Waals surface area contributed by atoms with Crippen LogP contribution >= 0.6 is 0 Å². The number of nitrogens with zero attached hydrogens (tertiary/aromatic N) is 4. The van der Waals surface area contributed by atoms with E-state index in [0.717, 1.165) is 18.5 Å². The second-order valence-electron chi connectivity index (χ2n) is 4.93. The molecule has 0 aliphatic heterocycles. The first kappa shape index (κ1) is 11.3. The standard InChI is InChI=1S/C12H16N4O2/c1-15-10(12(17)18)7-9-11(15)16(14-13-9)8-5-3-2-4-6-8/h7-8H,2-6H2,1H3,(H,17,18). The van der Waals surface area contributed by atoms with Crippen molar-refractivity contribution in [2.75, 3.05) is 0 Å². The predicted molar refractivity (Wildman–Crippen MR) is 65.6 cm³/mol. The van der Waals surface area contributed by atoms with Crippen LogP contribution in [0.5, 0.6) is 0 Å². The number of aromatic nitrogens is 4. The van der Waals surface area contributed by atoms with Gasteiger partial charge < -0.3 is 9.67 Å². The molecule has 2 heterocycles. The van der Waals surface area contributed by atoms with Crippen molar-refractivity contribution in [3.8, 4) is 0 Å². The van der Waals surface area contributed by atoms with Gasteiger partial charge in [-0.1, -0.05) is 24.5 Å². The zero-order valence-corrected chi connectivity index (χ0v) is 10.3. The van der Waals surface area contributed by atoms with Crippen molar-refractivity contribution in [1.82, 2.24) is 19.6 Å². The fourth-order valence-electron chi connectivity index (χ4n) is 2.84. The van der Waals surface area contributed by atoms with Crippen LogP contribution in [0.4, 0.5) is 0 Å². The summed E-state index contributed by atoms with van der Waals surface area (Å²) in [5.74, 6) is -0.925. The van der Waals surface area contributed by atoms with Gasteiger partial charge in [-0.2, -0.15) is 0 Å². The summed E-state index contributed by atoms with van der Waals surface area (Å²) in [5, 5.41) is 17.4. The first-order chi connectivity index (χ1) is 8.68. The van der Waals surface area contributed by atoms with E-state index >= 15 is 0 Å². The molecule has 0 bridgehead atoms. The van der Waals surface area contributed by atoms with E-state index in [-0.39, 0.29) is 5.69 Å². The number of hydrogen-bond donors (Lipinski definition) is 1. The van der Waals surface area contributed by atoms with Crippen molar-refractivity contribution >= 4 is 17.1 Å². The van der Waals surface area contributed by atoms with Crippen molar-refractivity contribution in [2.45, 2.75) is 38.1 Å². The number of carbonyl (C=O) groups is 1. The monoisotopic (exact) mass is 248 g/mol. The molecule has 0 unspecified atom stereocenters. The van der Waals surface area contributed by atoms with Crippen LogP contribution in [0, 0.1) is 0 Å². The van der Waals surface area contributed by atoms with E-state index in [1.165, 1.54) is 19.3 Å². The molecule has 1 aliphatic carbocycles. The molecule has 0 spiro atoms. The molecule has 2 aromatic rings. The maximum atomic E-state index is 11.1. The first-order valence-electron chi connectivity index (χ1n) is 6.32. The average molecular weight is 248 g/mol. The molecule has 0 amide bonds. The predicted octanol–water partition coefficient (Wildman–Crippen LogP) is 1.97. The lowest BCUT2D eigenvalue weighted by molar-refractivity contribution is 0.0687. The fourth-order valence-corrected chi connectivity index (χ4v) is 2.84. The summed E-state index contributed by atoms with van der Waals surface area (Å²) in [6, 6.07) is 1.95. The molecule has 2 aromatic heterocycles. The van der Waals surface area contributed by atoms with Gasteiger partial charge in [-0.15, -0.1) is 5.10 Å². The number of carboxylic acids is 1. The molecule has 6 heteroatoms. The Hall–Kier alpha value is -1.85. The van der Waals surface area contributed by atoms with Crippen LogP contribution < -0.4 is 0 Å². The molecule has 6 nitrogen and oxygen atoms in total. The Morgan fingerprint density at radius 3 is 2.78 bits per heavy atom. The molecule has 18 heavy (non-hydrogen) atoms. The lowest BCUT2D eigenvalue weighted by Gasteiger charge is -2.22. The molecule has 3 rings (SSSR count). The molecule has 96 valence electrons. The van der Waals surface area contributed by atoms with Gasteiger partial charge in [0.1, 0.15) is 11.2 Å². The molecule has 1 aliphatic rings. The number of rotatable bonds is 2.